The first-order valence-corrected chi connectivity index (χ1v) is 10.1. The quantitative estimate of drug-likeness (QED) is 0.453. The second kappa shape index (κ2) is 9.97. The van der Waals surface area contributed by atoms with Gasteiger partial charge < -0.3 is 9.47 Å². The molecule has 0 spiro atoms. The molecule has 3 rings (SSSR count). The van der Waals surface area contributed by atoms with Crippen molar-refractivity contribution >= 4 is 16.8 Å². The number of alkyl halides is 2. The summed E-state index contributed by atoms with van der Waals surface area (Å²) in [6, 6.07) is 6.87. The fourth-order valence-corrected chi connectivity index (χ4v) is 4.05. The van der Waals surface area contributed by atoms with E-state index in [1.807, 2.05) is 44.2 Å². The van der Waals surface area contributed by atoms with Crippen LogP contribution >= 0.6 is 0 Å². The second-order valence-corrected chi connectivity index (χ2v) is 7.34. The summed E-state index contributed by atoms with van der Waals surface area (Å²) in [7, 11) is 0. The molecule has 1 fully saturated rings. The summed E-state index contributed by atoms with van der Waals surface area (Å²) in [5.41, 5.74) is 1.15. The van der Waals surface area contributed by atoms with Gasteiger partial charge in [-0.15, -0.1) is 0 Å². The minimum Gasteiger partial charge on any atom is -0.434 e. The molecule has 0 heterocycles. The van der Waals surface area contributed by atoms with E-state index in [1.165, 1.54) is 0 Å². The average Bonchev–Trinajstić information content (AvgIpc) is 2.69. The molecule has 2 aromatic carbocycles. The van der Waals surface area contributed by atoms with Crippen molar-refractivity contribution in [2.75, 3.05) is 6.61 Å². The van der Waals surface area contributed by atoms with Crippen LogP contribution in [0.5, 0.6) is 5.75 Å². The van der Waals surface area contributed by atoms with Crippen molar-refractivity contribution in [3.8, 4) is 5.75 Å². The number of fused-ring (bicyclic) bond motifs is 1. The van der Waals surface area contributed by atoms with Crippen LogP contribution in [0.1, 0.15) is 56.6 Å². The Hall–Kier alpha value is -2.27. The maximum Gasteiger partial charge on any atom is 0.387 e. The predicted octanol–water partition coefficient (Wildman–Crippen LogP) is 7.23. The summed E-state index contributed by atoms with van der Waals surface area (Å²) in [4.78, 5) is 0. The van der Waals surface area contributed by atoms with Gasteiger partial charge in [-0.05, 0) is 68.5 Å². The summed E-state index contributed by atoms with van der Waals surface area (Å²) >= 11 is 0. The third kappa shape index (κ3) is 5.21. The van der Waals surface area contributed by atoms with Crippen LogP contribution in [0, 0.1) is 5.82 Å². The standard InChI is InChI=1S/C24H27F3O2/c1-3-5-13-28-19-10-8-17(9-11-19)22-21(29-24(26)27)15-18-14-16(6-4-2)7-12-20(18)23(22)25/h3-7,12,14-15,17,19,24H,8-11,13H2,1-2H3/b5-3?,6-4+. The fraction of sp³-hybridized carbons (Fsp3) is 0.417. The number of halogens is 3. The SMILES string of the molecule is CC=CCOC1CCC(c2c(OC(F)F)cc3cc(/C=C/C)ccc3c2F)CC1. The van der Waals surface area contributed by atoms with E-state index in [1.54, 1.807) is 18.2 Å². The number of hydrogen-bond acceptors (Lipinski definition) is 2. The minimum absolute atomic E-state index is 0.0547. The van der Waals surface area contributed by atoms with Gasteiger partial charge >= 0.3 is 6.61 Å². The zero-order valence-corrected chi connectivity index (χ0v) is 16.8. The molecule has 1 aliphatic rings. The van der Waals surface area contributed by atoms with E-state index in [-0.39, 0.29) is 23.3 Å². The highest BCUT2D eigenvalue weighted by Gasteiger charge is 2.29. The molecule has 0 radical (unpaired) electrons. The zero-order chi connectivity index (χ0) is 20.8. The van der Waals surface area contributed by atoms with Crippen LogP contribution in [0.25, 0.3) is 16.8 Å². The Kier molecular flexibility index (Phi) is 7.37. The summed E-state index contributed by atoms with van der Waals surface area (Å²) in [6.07, 6.45) is 10.7. The first-order chi connectivity index (χ1) is 14.0. The molecule has 1 saturated carbocycles. The normalized spacial score (nSPS) is 20.3. The van der Waals surface area contributed by atoms with Gasteiger partial charge in [-0.25, -0.2) is 4.39 Å². The molecule has 0 amide bonds. The van der Waals surface area contributed by atoms with Crippen LogP contribution in [0.15, 0.2) is 42.5 Å². The predicted molar refractivity (Wildman–Crippen MR) is 111 cm³/mol. The molecule has 0 aliphatic heterocycles. The van der Waals surface area contributed by atoms with Gasteiger partial charge in [-0.2, -0.15) is 8.78 Å². The maximum absolute atomic E-state index is 15.4. The number of benzene rings is 2. The molecular formula is C24H27F3O2. The molecule has 5 heteroatoms. The molecule has 0 unspecified atom stereocenters. The van der Waals surface area contributed by atoms with E-state index in [4.69, 9.17) is 9.47 Å². The van der Waals surface area contributed by atoms with Gasteiger partial charge in [0.05, 0.1) is 12.7 Å². The van der Waals surface area contributed by atoms with Gasteiger partial charge in [0.2, 0.25) is 0 Å². The number of rotatable bonds is 7. The Morgan fingerprint density at radius 3 is 2.48 bits per heavy atom. The average molecular weight is 404 g/mol. The molecule has 0 bridgehead atoms. The molecule has 156 valence electrons. The van der Waals surface area contributed by atoms with E-state index >= 15 is 4.39 Å². The first kappa shape index (κ1) is 21.4. The lowest BCUT2D eigenvalue weighted by Crippen LogP contribution is -2.22. The second-order valence-electron chi connectivity index (χ2n) is 7.34. The summed E-state index contributed by atoms with van der Waals surface area (Å²) < 4.78 is 52.1. The lowest BCUT2D eigenvalue weighted by molar-refractivity contribution is -0.0510. The topological polar surface area (TPSA) is 18.5 Å². The Labute approximate surface area is 170 Å². The first-order valence-electron chi connectivity index (χ1n) is 10.1. The van der Waals surface area contributed by atoms with Crippen molar-refractivity contribution in [3.63, 3.8) is 0 Å². The van der Waals surface area contributed by atoms with Gasteiger partial charge in [0.15, 0.2) is 0 Å². The van der Waals surface area contributed by atoms with Gasteiger partial charge in [-0.1, -0.05) is 36.4 Å². The third-order valence-electron chi connectivity index (χ3n) is 5.42. The third-order valence-corrected chi connectivity index (χ3v) is 5.42. The molecule has 1 aliphatic carbocycles. The van der Waals surface area contributed by atoms with Crippen LogP contribution in [0.4, 0.5) is 13.2 Å². The van der Waals surface area contributed by atoms with E-state index < -0.39 is 12.4 Å². The van der Waals surface area contributed by atoms with Crippen molar-refractivity contribution in [1.29, 1.82) is 0 Å². The van der Waals surface area contributed by atoms with Crippen LogP contribution in [0.2, 0.25) is 0 Å². The fourth-order valence-electron chi connectivity index (χ4n) is 4.05. The molecule has 2 nitrogen and oxygen atoms in total. The van der Waals surface area contributed by atoms with Crippen molar-refractivity contribution < 1.29 is 22.6 Å². The highest BCUT2D eigenvalue weighted by molar-refractivity contribution is 5.88. The van der Waals surface area contributed by atoms with Crippen molar-refractivity contribution in [2.45, 2.75) is 58.2 Å². The van der Waals surface area contributed by atoms with Crippen molar-refractivity contribution in [1.82, 2.24) is 0 Å². The van der Waals surface area contributed by atoms with Gasteiger partial charge in [0, 0.05) is 10.9 Å². The van der Waals surface area contributed by atoms with E-state index in [9.17, 15) is 8.78 Å². The van der Waals surface area contributed by atoms with Gasteiger partial charge in [-0.3, -0.25) is 0 Å². The summed E-state index contributed by atoms with van der Waals surface area (Å²) in [5, 5.41) is 0.988. The molecule has 0 aromatic heterocycles. The monoisotopic (exact) mass is 404 g/mol. The lowest BCUT2D eigenvalue weighted by atomic mass is 9.81. The van der Waals surface area contributed by atoms with Crippen LogP contribution in [-0.2, 0) is 4.74 Å². The highest BCUT2D eigenvalue weighted by atomic mass is 19.3. The van der Waals surface area contributed by atoms with Crippen molar-refractivity contribution in [2.24, 2.45) is 0 Å². The lowest BCUT2D eigenvalue weighted by Gasteiger charge is -2.30. The van der Waals surface area contributed by atoms with Gasteiger partial charge in [0.1, 0.15) is 11.6 Å². The van der Waals surface area contributed by atoms with E-state index in [2.05, 4.69) is 0 Å². The summed E-state index contributed by atoms with van der Waals surface area (Å²) in [6.45, 7) is 1.39. The Morgan fingerprint density at radius 2 is 1.83 bits per heavy atom. The van der Waals surface area contributed by atoms with Crippen LogP contribution in [0.3, 0.4) is 0 Å². The number of allylic oxidation sites excluding steroid dienone is 2. The van der Waals surface area contributed by atoms with E-state index in [0.717, 1.165) is 18.4 Å². The highest BCUT2D eigenvalue weighted by Crippen LogP contribution is 2.43. The maximum atomic E-state index is 15.4. The molecule has 0 saturated heterocycles. The molecule has 2 aromatic rings. The van der Waals surface area contributed by atoms with Gasteiger partial charge in [0.25, 0.3) is 0 Å². The number of hydrogen-bond donors (Lipinski definition) is 0. The van der Waals surface area contributed by atoms with Crippen LogP contribution < -0.4 is 4.74 Å². The van der Waals surface area contributed by atoms with E-state index in [0.29, 0.717) is 30.2 Å². The summed E-state index contributed by atoms with van der Waals surface area (Å²) in [5.74, 6) is -0.672. The largest absolute Gasteiger partial charge is 0.434 e. The van der Waals surface area contributed by atoms with Crippen LogP contribution in [-0.4, -0.2) is 19.3 Å². The Bertz CT molecular complexity index is 881. The smallest absolute Gasteiger partial charge is 0.387 e. The molecular weight excluding hydrogens is 377 g/mol. The molecule has 0 atom stereocenters. The molecule has 29 heavy (non-hydrogen) atoms. The Morgan fingerprint density at radius 1 is 1.07 bits per heavy atom. The number of ether oxygens (including phenoxy) is 2. The zero-order valence-electron chi connectivity index (χ0n) is 16.8. The molecule has 0 N–H and O–H groups in total. The Balaban J connectivity index is 1.91. The van der Waals surface area contributed by atoms with Crippen molar-refractivity contribution in [3.05, 3.63) is 59.4 Å². The minimum atomic E-state index is -3.00.